The fourth-order valence-electron chi connectivity index (χ4n) is 3.87. The molecule has 3 aromatic heterocycles. The van der Waals surface area contributed by atoms with Crippen molar-refractivity contribution in [1.29, 1.82) is 0 Å². The van der Waals surface area contributed by atoms with E-state index in [1.165, 1.54) is 12.3 Å². The lowest BCUT2D eigenvalue weighted by Crippen LogP contribution is -2.33. The lowest BCUT2D eigenvalue weighted by molar-refractivity contribution is -0.137. The Labute approximate surface area is 181 Å². The Kier molecular flexibility index (Phi) is 4.96. The van der Waals surface area contributed by atoms with Gasteiger partial charge in [-0.25, -0.2) is 9.97 Å². The number of amides is 1. The molecule has 10 heteroatoms. The maximum absolute atomic E-state index is 13.3. The van der Waals surface area contributed by atoms with Gasteiger partial charge in [0.1, 0.15) is 11.5 Å². The number of hydrogen-bond donors (Lipinski definition) is 1. The average molecular weight is 443 g/mol. The molecule has 0 bridgehead atoms. The first kappa shape index (κ1) is 20.6. The van der Waals surface area contributed by atoms with Crippen molar-refractivity contribution in [3.8, 4) is 0 Å². The van der Waals surface area contributed by atoms with Gasteiger partial charge in [0.05, 0.1) is 42.7 Å². The summed E-state index contributed by atoms with van der Waals surface area (Å²) in [6.45, 7) is 1.37. The number of halogens is 3. The van der Waals surface area contributed by atoms with E-state index in [1.54, 1.807) is 11.0 Å². The zero-order valence-electron chi connectivity index (χ0n) is 17.0. The van der Waals surface area contributed by atoms with Crippen LogP contribution in [0.2, 0.25) is 0 Å². The molecule has 4 heterocycles. The van der Waals surface area contributed by atoms with Crippen molar-refractivity contribution in [1.82, 2.24) is 19.9 Å². The predicted molar refractivity (Wildman–Crippen MR) is 109 cm³/mol. The Balaban J connectivity index is 1.44. The van der Waals surface area contributed by atoms with Crippen LogP contribution in [0.25, 0.3) is 10.9 Å². The molecule has 1 aliphatic carbocycles. The molecule has 1 amide bonds. The molecule has 7 nitrogen and oxygen atoms in total. The van der Waals surface area contributed by atoms with Gasteiger partial charge < -0.3 is 15.4 Å². The second kappa shape index (κ2) is 7.70. The number of carbonyl (C=O) groups is 1. The number of anilines is 1. The van der Waals surface area contributed by atoms with Crippen LogP contribution < -0.4 is 5.73 Å². The number of nitrogens with zero attached hydrogens (tertiary/aromatic N) is 4. The van der Waals surface area contributed by atoms with Gasteiger partial charge in [-0.15, -0.1) is 0 Å². The summed E-state index contributed by atoms with van der Waals surface area (Å²) in [4.78, 5) is 27.5. The SMILES string of the molecule is Nc1nc2cnc(C(=O)N(Cc3ccc(C(F)(F)F)cn3)CC3CC3)cc2c2c1COC2. The first-order chi connectivity index (χ1) is 15.3. The Morgan fingerprint density at radius 3 is 2.62 bits per heavy atom. The third-order valence-corrected chi connectivity index (χ3v) is 5.80. The van der Waals surface area contributed by atoms with E-state index in [0.717, 1.165) is 41.6 Å². The van der Waals surface area contributed by atoms with Crippen molar-refractivity contribution in [3.63, 3.8) is 0 Å². The molecule has 32 heavy (non-hydrogen) atoms. The van der Waals surface area contributed by atoms with Gasteiger partial charge in [-0.2, -0.15) is 13.2 Å². The fraction of sp³-hybridized carbons (Fsp3) is 0.364. The molecule has 5 rings (SSSR count). The summed E-state index contributed by atoms with van der Waals surface area (Å²) >= 11 is 0. The lowest BCUT2D eigenvalue weighted by atomic mass is 10.1. The Morgan fingerprint density at radius 2 is 1.94 bits per heavy atom. The summed E-state index contributed by atoms with van der Waals surface area (Å²) in [6.07, 6.45) is -0.107. The van der Waals surface area contributed by atoms with Crippen LogP contribution in [0.1, 0.15) is 45.7 Å². The van der Waals surface area contributed by atoms with E-state index in [-0.39, 0.29) is 18.1 Å². The minimum atomic E-state index is -4.45. The number of alkyl halides is 3. The topological polar surface area (TPSA) is 94.2 Å². The lowest BCUT2D eigenvalue weighted by Gasteiger charge is -2.22. The summed E-state index contributed by atoms with van der Waals surface area (Å²) < 4.78 is 44.0. The predicted octanol–water partition coefficient (Wildman–Crippen LogP) is 3.71. The quantitative estimate of drug-likeness (QED) is 0.646. The number of fused-ring (bicyclic) bond motifs is 3. The largest absolute Gasteiger partial charge is 0.417 e. The minimum absolute atomic E-state index is 0.106. The van der Waals surface area contributed by atoms with Crippen LogP contribution in [0, 0.1) is 5.92 Å². The summed E-state index contributed by atoms with van der Waals surface area (Å²) in [5, 5.41) is 0.768. The van der Waals surface area contributed by atoms with Crippen LogP contribution >= 0.6 is 0 Å². The number of nitrogens with two attached hydrogens (primary N) is 1. The normalized spacial score (nSPS) is 15.7. The maximum atomic E-state index is 13.3. The molecule has 0 aromatic carbocycles. The van der Waals surface area contributed by atoms with Crippen molar-refractivity contribution >= 4 is 22.6 Å². The molecule has 166 valence electrons. The van der Waals surface area contributed by atoms with Crippen LogP contribution in [0.4, 0.5) is 19.0 Å². The Hall–Kier alpha value is -3.27. The van der Waals surface area contributed by atoms with Gasteiger partial charge in [0.25, 0.3) is 5.91 Å². The highest BCUT2D eigenvalue weighted by Gasteiger charge is 2.32. The first-order valence-electron chi connectivity index (χ1n) is 10.3. The third-order valence-electron chi connectivity index (χ3n) is 5.80. The van der Waals surface area contributed by atoms with E-state index in [4.69, 9.17) is 10.5 Å². The third kappa shape index (κ3) is 3.97. The van der Waals surface area contributed by atoms with Crippen molar-refractivity contribution in [2.45, 2.75) is 38.8 Å². The molecule has 1 saturated carbocycles. The number of pyridine rings is 3. The molecule has 0 radical (unpaired) electrons. The zero-order valence-corrected chi connectivity index (χ0v) is 17.0. The van der Waals surface area contributed by atoms with E-state index in [1.807, 2.05) is 0 Å². The molecular formula is C22H20F3N5O2. The standard InChI is InChI=1S/C22H20F3N5O2/c23-22(24,25)13-3-4-14(27-6-13)9-30(8-12-1-2-12)21(31)18-5-15-16-10-32-11-17(16)20(26)29-19(15)7-28-18/h3-7,12H,1-2,8-11H2,(H2,26,29). The average Bonchev–Trinajstić information content (AvgIpc) is 3.43. The van der Waals surface area contributed by atoms with Gasteiger partial charge >= 0.3 is 6.18 Å². The number of carbonyl (C=O) groups excluding carboxylic acids is 1. The molecule has 0 atom stereocenters. The molecule has 2 N–H and O–H groups in total. The van der Waals surface area contributed by atoms with Crippen molar-refractivity contribution < 1.29 is 22.7 Å². The van der Waals surface area contributed by atoms with E-state index in [0.29, 0.717) is 42.7 Å². The van der Waals surface area contributed by atoms with E-state index in [9.17, 15) is 18.0 Å². The summed E-state index contributed by atoms with van der Waals surface area (Å²) in [7, 11) is 0. The smallest absolute Gasteiger partial charge is 0.383 e. The highest BCUT2D eigenvalue weighted by Crippen LogP contribution is 2.33. The minimum Gasteiger partial charge on any atom is -0.383 e. The van der Waals surface area contributed by atoms with E-state index in [2.05, 4.69) is 15.0 Å². The van der Waals surface area contributed by atoms with E-state index < -0.39 is 11.7 Å². The second-order valence-electron chi connectivity index (χ2n) is 8.20. The molecule has 0 spiro atoms. The number of aromatic nitrogens is 3. The number of nitrogen functional groups attached to an aromatic ring is 1. The molecule has 1 fully saturated rings. The highest BCUT2D eigenvalue weighted by atomic mass is 19.4. The molecule has 0 saturated heterocycles. The molecule has 2 aliphatic rings. The fourth-order valence-corrected chi connectivity index (χ4v) is 3.87. The molecule has 0 unspecified atom stereocenters. The van der Waals surface area contributed by atoms with Gasteiger partial charge in [-0.3, -0.25) is 9.78 Å². The number of ether oxygens (including phenoxy) is 1. The molecule has 3 aromatic rings. The van der Waals surface area contributed by atoms with Gasteiger partial charge in [-0.05, 0) is 42.5 Å². The first-order valence-corrected chi connectivity index (χ1v) is 10.3. The molecular weight excluding hydrogens is 423 g/mol. The van der Waals surface area contributed by atoms with Crippen LogP contribution in [0.3, 0.4) is 0 Å². The second-order valence-corrected chi connectivity index (χ2v) is 8.20. The van der Waals surface area contributed by atoms with E-state index >= 15 is 0 Å². The summed E-state index contributed by atoms with van der Waals surface area (Å²) in [5.74, 6) is 0.479. The van der Waals surface area contributed by atoms with Crippen molar-refractivity contribution in [2.24, 2.45) is 5.92 Å². The Morgan fingerprint density at radius 1 is 1.16 bits per heavy atom. The summed E-state index contributed by atoms with van der Waals surface area (Å²) in [5.41, 5.74) is 8.12. The number of hydrogen-bond acceptors (Lipinski definition) is 6. The zero-order chi connectivity index (χ0) is 22.5. The van der Waals surface area contributed by atoms with Crippen LogP contribution in [0.5, 0.6) is 0 Å². The van der Waals surface area contributed by atoms with Crippen LogP contribution in [-0.2, 0) is 30.7 Å². The van der Waals surface area contributed by atoms with Crippen LogP contribution in [-0.4, -0.2) is 32.3 Å². The van der Waals surface area contributed by atoms with Gasteiger partial charge in [0.2, 0.25) is 0 Å². The number of rotatable bonds is 5. The summed E-state index contributed by atoms with van der Waals surface area (Å²) in [6, 6.07) is 3.98. The van der Waals surface area contributed by atoms with Crippen molar-refractivity contribution in [2.75, 3.05) is 12.3 Å². The highest BCUT2D eigenvalue weighted by molar-refractivity contribution is 5.97. The van der Waals surface area contributed by atoms with Gasteiger partial charge in [0.15, 0.2) is 0 Å². The maximum Gasteiger partial charge on any atom is 0.417 e. The monoisotopic (exact) mass is 443 g/mol. The van der Waals surface area contributed by atoms with Crippen molar-refractivity contribution in [3.05, 3.63) is 58.7 Å². The van der Waals surface area contributed by atoms with Gasteiger partial charge in [0, 0.05) is 23.7 Å². The van der Waals surface area contributed by atoms with Gasteiger partial charge in [-0.1, -0.05) is 0 Å². The Bertz CT molecular complexity index is 1190. The van der Waals surface area contributed by atoms with Crippen LogP contribution in [0.15, 0.2) is 30.6 Å². The molecule has 1 aliphatic heterocycles.